The summed E-state index contributed by atoms with van der Waals surface area (Å²) < 4.78 is 5.28. The second-order valence-electron chi connectivity index (χ2n) is 4.08. The zero-order valence-electron chi connectivity index (χ0n) is 9.26. The molecule has 3 heteroatoms. The molecule has 0 unspecified atom stereocenters. The fourth-order valence-electron chi connectivity index (χ4n) is 1.95. The number of anilines is 1. The van der Waals surface area contributed by atoms with Crippen molar-refractivity contribution in [3.63, 3.8) is 0 Å². The van der Waals surface area contributed by atoms with Crippen LogP contribution in [0.3, 0.4) is 0 Å². The summed E-state index contributed by atoms with van der Waals surface area (Å²) in [5.74, 6) is 0. The first kappa shape index (κ1) is 9.90. The van der Waals surface area contributed by atoms with Crippen LogP contribution in [-0.2, 0) is 6.42 Å². The van der Waals surface area contributed by atoms with E-state index in [1.165, 1.54) is 17.5 Å². The monoisotopic (exact) mass is 224 g/mol. The molecule has 2 N–H and O–H groups in total. The van der Waals surface area contributed by atoms with E-state index in [1.54, 1.807) is 0 Å². The average Bonchev–Trinajstić information content (AvgIpc) is 2.76. The number of nitrogens with zero attached hydrogens (tertiary/aromatic N) is 1. The van der Waals surface area contributed by atoms with Crippen LogP contribution in [-0.4, -0.2) is 4.98 Å². The lowest BCUT2D eigenvalue weighted by Gasteiger charge is -2.02. The highest BCUT2D eigenvalue weighted by Crippen LogP contribution is 2.18. The lowest BCUT2D eigenvalue weighted by molar-refractivity contribution is 0.602. The van der Waals surface area contributed by atoms with Crippen LogP contribution in [0.4, 0.5) is 5.69 Å². The molecule has 1 heterocycles. The molecular weight excluding hydrogens is 212 g/mol. The average molecular weight is 224 g/mol. The van der Waals surface area contributed by atoms with E-state index in [0.717, 1.165) is 23.2 Å². The van der Waals surface area contributed by atoms with Crippen LogP contribution >= 0.6 is 0 Å². The van der Waals surface area contributed by atoms with Gasteiger partial charge in [-0.15, -0.1) is 0 Å². The normalized spacial score (nSPS) is 10.8. The van der Waals surface area contributed by atoms with E-state index in [-0.39, 0.29) is 0 Å². The molecule has 3 nitrogen and oxygen atoms in total. The SMILES string of the molecule is Nc1cccc(Cc2ccc3ncoc3c2)c1. The first-order valence-corrected chi connectivity index (χ1v) is 5.48. The van der Waals surface area contributed by atoms with Crippen LogP contribution < -0.4 is 5.73 Å². The van der Waals surface area contributed by atoms with Crippen molar-refractivity contribution in [3.05, 3.63) is 60.0 Å². The number of nitrogens with two attached hydrogens (primary N) is 1. The standard InChI is InChI=1S/C14H12N2O/c15-12-3-1-2-10(7-12)6-11-4-5-13-14(8-11)17-9-16-13/h1-5,7-9H,6,15H2. The number of nitrogen functional groups attached to an aromatic ring is 1. The van der Waals surface area contributed by atoms with Crippen molar-refractivity contribution in [1.82, 2.24) is 4.98 Å². The van der Waals surface area contributed by atoms with Gasteiger partial charge in [0, 0.05) is 5.69 Å². The Balaban J connectivity index is 1.94. The minimum Gasteiger partial charge on any atom is -0.443 e. The second kappa shape index (κ2) is 3.94. The summed E-state index contributed by atoms with van der Waals surface area (Å²) in [6, 6.07) is 14.0. The van der Waals surface area contributed by atoms with Gasteiger partial charge in [0.05, 0.1) is 0 Å². The van der Waals surface area contributed by atoms with Gasteiger partial charge in [0.1, 0.15) is 5.52 Å². The van der Waals surface area contributed by atoms with Gasteiger partial charge in [0.25, 0.3) is 0 Å². The molecule has 0 spiro atoms. The van der Waals surface area contributed by atoms with Crippen molar-refractivity contribution in [1.29, 1.82) is 0 Å². The summed E-state index contributed by atoms with van der Waals surface area (Å²) in [6.45, 7) is 0. The Bertz CT molecular complexity index is 658. The van der Waals surface area contributed by atoms with Crippen LogP contribution in [0.1, 0.15) is 11.1 Å². The van der Waals surface area contributed by atoms with Gasteiger partial charge in [-0.2, -0.15) is 0 Å². The van der Waals surface area contributed by atoms with Gasteiger partial charge in [-0.1, -0.05) is 18.2 Å². The predicted octanol–water partition coefficient (Wildman–Crippen LogP) is 3.00. The minimum atomic E-state index is 0.795. The summed E-state index contributed by atoms with van der Waals surface area (Å²) >= 11 is 0. The van der Waals surface area contributed by atoms with Crippen molar-refractivity contribution in [3.8, 4) is 0 Å². The fraction of sp³-hybridized carbons (Fsp3) is 0.0714. The van der Waals surface area contributed by atoms with Crippen LogP contribution in [0.5, 0.6) is 0 Å². The number of fused-ring (bicyclic) bond motifs is 1. The highest BCUT2D eigenvalue weighted by molar-refractivity contribution is 5.72. The topological polar surface area (TPSA) is 52.0 Å². The summed E-state index contributed by atoms with van der Waals surface area (Å²) in [6.07, 6.45) is 2.32. The van der Waals surface area contributed by atoms with Crippen LogP contribution in [0.15, 0.2) is 53.3 Å². The van der Waals surface area contributed by atoms with Crippen molar-refractivity contribution >= 4 is 16.8 Å². The first-order valence-electron chi connectivity index (χ1n) is 5.48. The van der Waals surface area contributed by atoms with Gasteiger partial charge >= 0.3 is 0 Å². The Kier molecular flexibility index (Phi) is 2.29. The number of aromatic nitrogens is 1. The number of hydrogen-bond donors (Lipinski definition) is 1. The number of oxazole rings is 1. The quantitative estimate of drug-likeness (QED) is 0.681. The van der Waals surface area contributed by atoms with Crippen LogP contribution in [0.2, 0.25) is 0 Å². The van der Waals surface area contributed by atoms with Crippen LogP contribution in [0.25, 0.3) is 11.1 Å². The number of benzene rings is 2. The Morgan fingerprint density at radius 2 is 1.94 bits per heavy atom. The lowest BCUT2D eigenvalue weighted by Crippen LogP contribution is -1.90. The van der Waals surface area contributed by atoms with Gasteiger partial charge in [-0.25, -0.2) is 4.98 Å². The lowest BCUT2D eigenvalue weighted by atomic mass is 10.0. The summed E-state index contributed by atoms with van der Waals surface area (Å²) in [7, 11) is 0. The van der Waals surface area contributed by atoms with Gasteiger partial charge in [-0.05, 0) is 41.8 Å². The van der Waals surface area contributed by atoms with Gasteiger partial charge in [-0.3, -0.25) is 0 Å². The molecule has 0 radical (unpaired) electrons. The molecule has 0 atom stereocenters. The predicted molar refractivity (Wildman–Crippen MR) is 67.7 cm³/mol. The molecule has 0 aliphatic carbocycles. The van der Waals surface area contributed by atoms with E-state index >= 15 is 0 Å². The molecule has 0 aliphatic rings. The Morgan fingerprint density at radius 1 is 1.06 bits per heavy atom. The minimum absolute atomic E-state index is 0.795. The maximum atomic E-state index is 5.76. The third kappa shape index (κ3) is 1.99. The number of rotatable bonds is 2. The molecule has 0 bridgehead atoms. The Hall–Kier alpha value is -2.29. The molecule has 2 aromatic carbocycles. The zero-order valence-corrected chi connectivity index (χ0v) is 9.26. The zero-order chi connectivity index (χ0) is 11.7. The molecular formula is C14H12N2O. The van der Waals surface area contributed by atoms with Crippen molar-refractivity contribution in [2.45, 2.75) is 6.42 Å². The van der Waals surface area contributed by atoms with Crippen LogP contribution in [0, 0.1) is 0 Å². The highest BCUT2D eigenvalue weighted by Gasteiger charge is 2.01. The molecule has 0 amide bonds. The summed E-state index contributed by atoms with van der Waals surface area (Å²) in [5.41, 5.74) is 10.7. The largest absolute Gasteiger partial charge is 0.443 e. The van der Waals surface area contributed by atoms with Crippen molar-refractivity contribution in [2.24, 2.45) is 0 Å². The molecule has 0 saturated carbocycles. The molecule has 0 aliphatic heterocycles. The van der Waals surface area contributed by atoms with E-state index in [9.17, 15) is 0 Å². The Labute approximate surface area is 98.9 Å². The maximum Gasteiger partial charge on any atom is 0.181 e. The van der Waals surface area contributed by atoms with E-state index in [4.69, 9.17) is 10.2 Å². The highest BCUT2D eigenvalue weighted by atomic mass is 16.3. The van der Waals surface area contributed by atoms with E-state index in [2.05, 4.69) is 17.1 Å². The molecule has 84 valence electrons. The molecule has 3 rings (SSSR count). The fourth-order valence-corrected chi connectivity index (χ4v) is 1.95. The van der Waals surface area contributed by atoms with E-state index in [0.29, 0.717) is 0 Å². The molecule has 1 aromatic heterocycles. The summed E-state index contributed by atoms with van der Waals surface area (Å²) in [5, 5.41) is 0. The molecule has 0 fully saturated rings. The maximum absolute atomic E-state index is 5.76. The third-order valence-corrected chi connectivity index (χ3v) is 2.75. The van der Waals surface area contributed by atoms with Crippen molar-refractivity contribution < 1.29 is 4.42 Å². The van der Waals surface area contributed by atoms with E-state index in [1.807, 2.05) is 30.3 Å². The molecule has 0 saturated heterocycles. The summed E-state index contributed by atoms with van der Waals surface area (Å²) in [4.78, 5) is 4.09. The Morgan fingerprint density at radius 3 is 2.82 bits per heavy atom. The smallest absolute Gasteiger partial charge is 0.181 e. The van der Waals surface area contributed by atoms with Gasteiger partial charge in [0.2, 0.25) is 0 Å². The first-order chi connectivity index (χ1) is 8.31. The third-order valence-electron chi connectivity index (χ3n) is 2.75. The van der Waals surface area contributed by atoms with E-state index < -0.39 is 0 Å². The van der Waals surface area contributed by atoms with Gasteiger partial charge < -0.3 is 10.2 Å². The van der Waals surface area contributed by atoms with Gasteiger partial charge in [0.15, 0.2) is 12.0 Å². The molecule has 3 aromatic rings. The molecule has 17 heavy (non-hydrogen) atoms. The van der Waals surface area contributed by atoms with Crippen molar-refractivity contribution in [2.75, 3.05) is 5.73 Å². The number of hydrogen-bond acceptors (Lipinski definition) is 3. The second-order valence-corrected chi connectivity index (χ2v) is 4.08.